The van der Waals surface area contributed by atoms with Gasteiger partial charge in [-0.3, -0.25) is 0 Å². The molecule has 1 N–H and O–H groups in total. The summed E-state index contributed by atoms with van der Waals surface area (Å²) in [5.41, 5.74) is 0.458. The zero-order valence-corrected chi connectivity index (χ0v) is 12.1. The number of likely N-dealkylation sites (tertiary alicyclic amines) is 1. The van der Waals surface area contributed by atoms with Crippen LogP contribution in [0.4, 0.5) is 0 Å². The fraction of sp³-hybridized carbons (Fsp3) is 1.00. The number of nitrogens with zero attached hydrogens (tertiary/aromatic N) is 1. The maximum atomic E-state index is 5.83. The van der Waals surface area contributed by atoms with E-state index in [1.807, 2.05) is 7.05 Å². The molecule has 17 heavy (non-hydrogen) atoms. The number of likely N-dealkylation sites (N-methyl/N-ethyl adjacent to an activating group) is 1. The van der Waals surface area contributed by atoms with Crippen LogP contribution < -0.4 is 5.32 Å². The van der Waals surface area contributed by atoms with Crippen LogP contribution >= 0.6 is 0 Å². The maximum absolute atomic E-state index is 5.83. The second-order valence-corrected chi connectivity index (χ2v) is 6.33. The molecule has 0 bridgehead atoms. The van der Waals surface area contributed by atoms with Crippen LogP contribution in [-0.4, -0.2) is 50.8 Å². The van der Waals surface area contributed by atoms with Crippen molar-refractivity contribution in [2.24, 2.45) is 5.41 Å². The third-order valence-corrected chi connectivity index (χ3v) is 3.42. The molecule has 1 fully saturated rings. The van der Waals surface area contributed by atoms with Crippen LogP contribution in [0.1, 0.15) is 40.0 Å². The SMILES string of the molecule is CNCCOC1CCN(CCC(C)(C)C)CC1. The van der Waals surface area contributed by atoms with Crippen LogP contribution in [0, 0.1) is 5.41 Å². The molecule has 3 heteroatoms. The van der Waals surface area contributed by atoms with Gasteiger partial charge in [0.25, 0.3) is 0 Å². The van der Waals surface area contributed by atoms with E-state index in [4.69, 9.17) is 4.74 Å². The number of rotatable bonds is 6. The highest BCUT2D eigenvalue weighted by molar-refractivity contribution is 4.74. The number of hydrogen-bond donors (Lipinski definition) is 1. The van der Waals surface area contributed by atoms with Gasteiger partial charge in [0, 0.05) is 19.6 Å². The molecule has 0 amide bonds. The van der Waals surface area contributed by atoms with Crippen LogP contribution in [0.25, 0.3) is 0 Å². The molecule has 0 aromatic carbocycles. The van der Waals surface area contributed by atoms with Gasteiger partial charge in [0.1, 0.15) is 0 Å². The van der Waals surface area contributed by atoms with E-state index >= 15 is 0 Å². The molecule has 0 aromatic heterocycles. The molecule has 0 radical (unpaired) electrons. The molecule has 0 aliphatic carbocycles. The summed E-state index contributed by atoms with van der Waals surface area (Å²) in [6, 6.07) is 0. The first-order valence-corrected chi connectivity index (χ1v) is 7.00. The van der Waals surface area contributed by atoms with Crippen LogP contribution in [0.3, 0.4) is 0 Å². The zero-order valence-electron chi connectivity index (χ0n) is 12.1. The second-order valence-electron chi connectivity index (χ2n) is 6.33. The first-order valence-electron chi connectivity index (χ1n) is 7.00. The van der Waals surface area contributed by atoms with E-state index in [1.54, 1.807) is 0 Å². The van der Waals surface area contributed by atoms with Gasteiger partial charge in [-0.1, -0.05) is 20.8 Å². The van der Waals surface area contributed by atoms with Crippen molar-refractivity contribution >= 4 is 0 Å². The van der Waals surface area contributed by atoms with Gasteiger partial charge in [0.05, 0.1) is 12.7 Å². The lowest BCUT2D eigenvalue weighted by Gasteiger charge is -2.33. The Morgan fingerprint density at radius 1 is 1.24 bits per heavy atom. The highest BCUT2D eigenvalue weighted by Gasteiger charge is 2.20. The Labute approximate surface area is 107 Å². The molecular formula is C14H30N2O. The van der Waals surface area contributed by atoms with E-state index in [9.17, 15) is 0 Å². The Balaban J connectivity index is 2.09. The molecule has 102 valence electrons. The predicted molar refractivity (Wildman–Crippen MR) is 73.4 cm³/mol. The molecular weight excluding hydrogens is 212 g/mol. The largest absolute Gasteiger partial charge is 0.377 e. The third-order valence-electron chi connectivity index (χ3n) is 3.42. The minimum atomic E-state index is 0.458. The molecule has 0 saturated carbocycles. The van der Waals surface area contributed by atoms with Crippen LogP contribution in [0.15, 0.2) is 0 Å². The quantitative estimate of drug-likeness (QED) is 0.722. The van der Waals surface area contributed by atoms with Crippen molar-refractivity contribution in [3.05, 3.63) is 0 Å². The minimum absolute atomic E-state index is 0.458. The molecule has 0 atom stereocenters. The van der Waals surface area contributed by atoms with Crippen LogP contribution in [0.2, 0.25) is 0 Å². The summed E-state index contributed by atoms with van der Waals surface area (Å²) < 4.78 is 5.83. The summed E-state index contributed by atoms with van der Waals surface area (Å²) in [6.45, 7) is 12.4. The van der Waals surface area contributed by atoms with E-state index in [0.29, 0.717) is 11.5 Å². The van der Waals surface area contributed by atoms with Gasteiger partial charge in [-0.05, 0) is 38.3 Å². The zero-order chi connectivity index (χ0) is 12.7. The average molecular weight is 242 g/mol. The minimum Gasteiger partial charge on any atom is -0.377 e. The Morgan fingerprint density at radius 3 is 2.41 bits per heavy atom. The highest BCUT2D eigenvalue weighted by Crippen LogP contribution is 2.21. The molecule has 0 spiro atoms. The number of ether oxygens (including phenoxy) is 1. The lowest BCUT2D eigenvalue weighted by molar-refractivity contribution is 0.00796. The normalized spacial score (nSPS) is 19.8. The van der Waals surface area contributed by atoms with Gasteiger partial charge in [-0.15, -0.1) is 0 Å². The molecule has 1 aliphatic heterocycles. The first-order chi connectivity index (χ1) is 8.01. The van der Waals surface area contributed by atoms with Crippen molar-refractivity contribution in [2.45, 2.75) is 46.1 Å². The summed E-state index contributed by atoms with van der Waals surface area (Å²) in [5.74, 6) is 0. The molecule has 0 unspecified atom stereocenters. The lowest BCUT2D eigenvalue weighted by Crippen LogP contribution is -2.39. The van der Waals surface area contributed by atoms with Gasteiger partial charge in [0.15, 0.2) is 0 Å². The standard InChI is InChI=1S/C14H30N2O/c1-14(2,3)7-11-16-9-5-13(6-10-16)17-12-8-15-4/h13,15H,5-12H2,1-4H3. The van der Waals surface area contributed by atoms with Crippen molar-refractivity contribution in [1.82, 2.24) is 10.2 Å². The lowest BCUT2D eigenvalue weighted by atomic mass is 9.91. The van der Waals surface area contributed by atoms with Gasteiger partial charge in [0.2, 0.25) is 0 Å². The summed E-state index contributed by atoms with van der Waals surface area (Å²) in [5, 5.41) is 3.12. The van der Waals surface area contributed by atoms with Crippen molar-refractivity contribution in [3.8, 4) is 0 Å². The second kappa shape index (κ2) is 7.34. The number of piperidine rings is 1. The molecule has 1 aliphatic rings. The average Bonchev–Trinajstić information content (AvgIpc) is 2.27. The predicted octanol–water partition coefficient (Wildman–Crippen LogP) is 2.12. The number of nitrogens with one attached hydrogen (secondary N) is 1. The molecule has 1 saturated heterocycles. The Morgan fingerprint density at radius 2 is 1.88 bits per heavy atom. The third kappa shape index (κ3) is 7.02. The van der Waals surface area contributed by atoms with Crippen LogP contribution in [0.5, 0.6) is 0 Å². The van der Waals surface area contributed by atoms with Crippen molar-refractivity contribution in [2.75, 3.05) is 39.8 Å². The number of hydrogen-bond acceptors (Lipinski definition) is 3. The highest BCUT2D eigenvalue weighted by atomic mass is 16.5. The van der Waals surface area contributed by atoms with Crippen molar-refractivity contribution in [3.63, 3.8) is 0 Å². The summed E-state index contributed by atoms with van der Waals surface area (Å²) in [6.07, 6.45) is 4.19. The smallest absolute Gasteiger partial charge is 0.0600 e. The Kier molecular flexibility index (Phi) is 6.45. The summed E-state index contributed by atoms with van der Waals surface area (Å²) in [4.78, 5) is 2.59. The van der Waals surface area contributed by atoms with Gasteiger partial charge in [-0.2, -0.15) is 0 Å². The fourth-order valence-electron chi connectivity index (χ4n) is 2.12. The van der Waals surface area contributed by atoms with Gasteiger partial charge in [-0.25, -0.2) is 0 Å². The molecule has 3 nitrogen and oxygen atoms in total. The van der Waals surface area contributed by atoms with E-state index < -0.39 is 0 Å². The molecule has 1 heterocycles. The monoisotopic (exact) mass is 242 g/mol. The van der Waals surface area contributed by atoms with E-state index in [1.165, 1.54) is 38.9 Å². The van der Waals surface area contributed by atoms with Crippen molar-refractivity contribution in [1.29, 1.82) is 0 Å². The van der Waals surface area contributed by atoms with Gasteiger partial charge >= 0.3 is 0 Å². The topological polar surface area (TPSA) is 24.5 Å². The van der Waals surface area contributed by atoms with E-state index in [2.05, 4.69) is 31.0 Å². The van der Waals surface area contributed by atoms with E-state index in [0.717, 1.165) is 13.2 Å². The van der Waals surface area contributed by atoms with Crippen molar-refractivity contribution < 1.29 is 4.74 Å². The Hall–Kier alpha value is -0.120. The first kappa shape index (κ1) is 14.9. The summed E-state index contributed by atoms with van der Waals surface area (Å²) in [7, 11) is 1.97. The maximum Gasteiger partial charge on any atom is 0.0600 e. The summed E-state index contributed by atoms with van der Waals surface area (Å²) >= 11 is 0. The molecule has 0 aromatic rings. The van der Waals surface area contributed by atoms with Gasteiger partial charge < -0.3 is 15.0 Å². The fourth-order valence-corrected chi connectivity index (χ4v) is 2.12. The van der Waals surface area contributed by atoms with E-state index in [-0.39, 0.29) is 0 Å². The molecule has 1 rings (SSSR count). The van der Waals surface area contributed by atoms with Crippen LogP contribution in [-0.2, 0) is 4.74 Å². The Bertz CT molecular complexity index is 193.